The third-order valence-electron chi connectivity index (χ3n) is 4.26. The molecule has 0 bridgehead atoms. The van der Waals surface area contributed by atoms with Crippen molar-refractivity contribution in [3.8, 4) is 0 Å². The first-order valence-corrected chi connectivity index (χ1v) is 7.83. The molecule has 1 aromatic carbocycles. The molecule has 1 aliphatic rings. The van der Waals surface area contributed by atoms with Crippen LogP contribution in [0.5, 0.6) is 0 Å². The minimum absolute atomic E-state index is 0.0479. The first-order valence-electron chi connectivity index (χ1n) is 7.83. The van der Waals surface area contributed by atoms with Gasteiger partial charge in [-0.15, -0.1) is 0 Å². The van der Waals surface area contributed by atoms with Gasteiger partial charge in [0.1, 0.15) is 0 Å². The van der Waals surface area contributed by atoms with Crippen LogP contribution in [0, 0.1) is 10.1 Å². The Labute approximate surface area is 143 Å². The molecule has 0 saturated heterocycles. The third kappa shape index (κ3) is 3.23. The topological polar surface area (TPSA) is 103 Å². The number of ether oxygens (including phenoxy) is 1. The highest BCUT2D eigenvalue weighted by Gasteiger charge is 2.28. The number of hydrogen-bond donors (Lipinski definition) is 1. The Morgan fingerprint density at radius 3 is 2.72 bits per heavy atom. The molecular weight excluding hydrogens is 326 g/mol. The quantitative estimate of drug-likeness (QED) is 0.506. The molecule has 25 heavy (non-hydrogen) atoms. The van der Waals surface area contributed by atoms with E-state index in [1.807, 2.05) is 4.57 Å². The van der Waals surface area contributed by atoms with E-state index in [-0.39, 0.29) is 17.2 Å². The Hall–Kier alpha value is -3.16. The Kier molecular flexibility index (Phi) is 4.51. The fraction of sp³-hybridized carbons (Fsp3) is 0.294. The third-order valence-corrected chi connectivity index (χ3v) is 4.26. The predicted molar refractivity (Wildman–Crippen MR) is 88.6 cm³/mol. The van der Waals surface area contributed by atoms with Crippen LogP contribution in [-0.4, -0.2) is 35.0 Å². The number of carbonyl (C=O) groups is 2. The van der Waals surface area contributed by atoms with E-state index < -0.39 is 10.9 Å². The average Bonchev–Trinajstić information content (AvgIpc) is 3.00. The second-order valence-electron chi connectivity index (χ2n) is 5.73. The first kappa shape index (κ1) is 16.7. The first-order chi connectivity index (χ1) is 12.0. The minimum Gasteiger partial charge on any atom is -0.465 e. The molecule has 0 atom stereocenters. The smallest absolute Gasteiger partial charge is 0.340 e. The van der Waals surface area contributed by atoms with Gasteiger partial charge >= 0.3 is 5.97 Å². The minimum atomic E-state index is -0.539. The number of nitrogens with zero attached hydrogens (tertiary/aromatic N) is 2. The summed E-state index contributed by atoms with van der Waals surface area (Å²) < 4.78 is 6.66. The molecule has 0 spiro atoms. The Balaban J connectivity index is 1.84. The fourth-order valence-corrected chi connectivity index (χ4v) is 3.00. The Morgan fingerprint density at radius 2 is 2.08 bits per heavy atom. The van der Waals surface area contributed by atoms with E-state index in [1.54, 1.807) is 18.3 Å². The lowest BCUT2D eigenvalue weighted by atomic mass is 10.0. The largest absolute Gasteiger partial charge is 0.465 e. The summed E-state index contributed by atoms with van der Waals surface area (Å²) in [6, 6.07) is 6.35. The van der Waals surface area contributed by atoms with Crippen molar-refractivity contribution in [3.63, 3.8) is 0 Å². The number of aryl methyl sites for hydroxylation is 2. The summed E-state index contributed by atoms with van der Waals surface area (Å²) in [4.78, 5) is 34.3. The van der Waals surface area contributed by atoms with Gasteiger partial charge in [-0.2, -0.15) is 0 Å². The van der Waals surface area contributed by atoms with E-state index in [4.69, 9.17) is 4.74 Å². The highest BCUT2D eigenvalue weighted by molar-refractivity contribution is 6.07. The molecule has 2 heterocycles. The molecule has 2 aromatic rings. The molecular formula is C17H17N3O5. The van der Waals surface area contributed by atoms with Crippen LogP contribution in [0.4, 0.5) is 5.69 Å². The van der Waals surface area contributed by atoms with Crippen molar-refractivity contribution in [2.75, 3.05) is 13.7 Å². The lowest BCUT2D eigenvalue weighted by Crippen LogP contribution is -2.33. The number of benzene rings is 1. The normalized spacial score (nSPS) is 13.1. The van der Waals surface area contributed by atoms with E-state index in [0.717, 1.165) is 11.3 Å². The van der Waals surface area contributed by atoms with E-state index in [0.29, 0.717) is 31.5 Å². The number of methoxy groups -OCH3 is 1. The maximum absolute atomic E-state index is 12.1. The average molecular weight is 343 g/mol. The summed E-state index contributed by atoms with van der Waals surface area (Å²) in [5.74, 6) is -0.807. The van der Waals surface area contributed by atoms with Crippen LogP contribution in [0.1, 0.15) is 32.0 Å². The van der Waals surface area contributed by atoms with Crippen LogP contribution in [0.3, 0.4) is 0 Å². The van der Waals surface area contributed by atoms with Crippen molar-refractivity contribution in [2.24, 2.45) is 0 Å². The zero-order chi connectivity index (χ0) is 18.0. The molecule has 0 fully saturated rings. The zero-order valence-electron chi connectivity index (χ0n) is 13.7. The Morgan fingerprint density at radius 1 is 1.36 bits per heavy atom. The van der Waals surface area contributed by atoms with Gasteiger partial charge in [0.2, 0.25) is 0 Å². The van der Waals surface area contributed by atoms with Gasteiger partial charge in [-0.1, -0.05) is 12.1 Å². The second-order valence-corrected chi connectivity index (χ2v) is 5.73. The number of amides is 1. The number of nitrogens with one attached hydrogen (secondary N) is 1. The van der Waals surface area contributed by atoms with E-state index in [2.05, 4.69) is 5.32 Å². The van der Waals surface area contributed by atoms with Crippen LogP contribution >= 0.6 is 0 Å². The monoisotopic (exact) mass is 343 g/mol. The molecule has 3 rings (SSSR count). The standard InChI is InChI=1S/C17H17N3O5/c1-25-17(22)13-10-19(14-6-8-18-16(21)15(13)14)9-7-11-2-4-12(5-3-11)20(23)24/h2-5,10H,6-9H2,1H3,(H,18,21). The molecule has 130 valence electrons. The van der Waals surface area contributed by atoms with Gasteiger partial charge < -0.3 is 14.6 Å². The number of carbonyl (C=O) groups excluding carboxylic acids is 2. The molecule has 0 radical (unpaired) electrons. The fourth-order valence-electron chi connectivity index (χ4n) is 3.00. The van der Waals surface area contributed by atoms with E-state index in [9.17, 15) is 19.7 Å². The number of aromatic nitrogens is 1. The molecule has 0 unspecified atom stereocenters. The summed E-state index contributed by atoms with van der Waals surface area (Å²) in [7, 11) is 1.28. The van der Waals surface area contributed by atoms with Gasteiger partial charge in [0.25, 0.3) is 11.6 Å². The van der Waals surface area contributed by atoms with Crippen molar-refractivity contribution in [1.29, 1.82) is 0 Å². The van der Waals surface area contributed by atoms with Crippen molar-refractivity contribution < 1.29 is 19.2 Å². The zero-order valence-corrected chi connectivity index (χ0v) is 13.7. The Bertz CT molecular complexity index is 839. The summed E-state index contributed by atoms with van der Waals surface area (Å²) in [5.41, 5.74) is 2.44. The molecule has 8 heteroatoms. The van der Waals surface area contributed by atoms with Crippen LogP contribution < -0.4 is 5.32 Å². The molecule has 1 amide bonds. The maximum atomic E-state index is 12.1. The van der Waals surface area contributed by atoms with Gasteiger partial charge in [-0.25, -0.2) is 4.79 Å². The van der Waals surface area contributed by atoms with Crippen LogP contribution in [0.2, 0.25) is 0 Å². The van der Waals surface area contributed by atoms with Gasteiger partial charge in [0, 0.05) is 43.5 Å². The second kappa shape index (κ2) is 6.76. The summed E-state index contributed by atoms with van der Waals surface area (Å²) in [6.07, 6.45) is 2.91. The SMILES string of the molecule is COC(=O)c1cn(CCc2ccc([N+](=O)[O-])cc2)c2c1C(=O)NCC2. The van der Waals surface area contributed by atoms with Crippen LogP contribution in [0.25, 0.3) is 0 Å². The molecule has 8 nitrogen and oxygen atoms in total. The lowest BCUT2D eigenvalue weighted by molar-refractivity contribution is -0.384. The summed E-state index contributed by atoms with van der Waals surface area (Å²) in [5, 5.41) is 13.4. The van der Waals surface area contributed by atoms with Crippen LogP contribution in [-0.2, 0) is 24.1 Å². The highest BCUT2D eigenvalue weighted by Crippen LogP contribution is 2.23. The van der Waals surface area contributed by atoms with E-state index >= 15 is 0 Å². The van der Waals surface area contributed by atoms with Crippen molar-refractivity contribution >= 4 is 17.6 Å². The van der Waals surface area contributed by atoms with Crippen LogP contribution in [0.15, 0.2) is 30.5 Å². The molecule has 0 saturated carbocycles. The van der Waals surface area contributed by atoms with Gasteiger partial charge in [0.15, 0.2) is 0 Å². The molecule has 1 aromatic heterocycles. The summed E-state index contributed by atoms with van der Waals surface area (Å²) >= 11 is 0. The lowest BCUT2D eigenvalue weighted by Gasteiger charge is -2.16. The number of fused-ring (bicyclic) bond motifs is 1. The van der Waals surface area contributed by atoms with Crippen molar-refractivity contribution in [3.05, 3.63) is 63.0 Å². The van der Waals surface area contributed by atoms with Crippen molar-refractivity contribution in [1.82, 2.24) is 9.88 Å². The number of hydrogen-bond acceptors (Lipinski definition) is 5. The predicted octanol–water partition coefficient (Wildman–Crippen LogP) is 1.71. The van der Waals surface area contributed by atoms with Gasteiger partial charge in [0.05, 0.1) is 23.2 Å². The molecule has 0 aliphatic carbocycles. The maximum Gasteiger partial charge on any atom is 0.340 e. The number of non-ortho nitro benzene ring substituents is 1. The van der Waals surface area contributed by atoms with Gasteiger partial charge in [-0.3, -0.25) is 14.9 Å². The van der Waals surface area contributed by atoms with E-state index in [1.165, 1.54) is 19.2 Å². The number of nitro groups is 1. The van der Waals surface area contributed by atoms with Gasteiger partial charge in [-0.05, 0) is 12.0 Å². The molecule has 1 aliphatic heterocycles. The number of rotatable bonds is 5. The summed E-state index contributed by atoms with van der Waals surface area (Å²) in [6.45, 7) is 1.08. The highest BCUT2D eigenvalue weighted by atomic mass is 16.6. The van der Waals surface area contributed by atoms with Crippen molar-refractivity contribution in [2.45, 2.75) is 19.4 Å². The number of esters is 1. The number of nitro benzene ring substituents is 1. The molecule has 1 N–H and O–H groups in total.